The lowest BCUT2D eigenvalue weighted by Crippen LogP contribution is -2.28. The van der Waals surface area contributed by atoms with Crippen molar-refractivity contribution in [2.45, 2.75) is 45.6 Å². The molecule has 28 heavy (non-hydrogen) atoms. The fourth-order valence-electron chi connectivity index (χ4n) is 2.99. The number of benzene rings is 1. The van der Waals surface area contributed by atoms with Crippen molar-refractivity contribution < 1.29 is 22.7 Å². The van der Waals surface area contributed by atoms with Crippen LogP contribution in [0.15, 0.2) is 18.2 Å². The molecule has 0 spiro atoms. The third kappa shape index (κ3) is 4.96. The zero-order valence-electron chi connectivity index (χ0n) is 15.4. The second-order valence-corrected chi connectivity index (χ2v) is 6.62. The lowest BCUT2D eigenvalue weighted by Gasteiger charge is -2.17. The molecule has 10 heteroatoms. The van der Waals surface area contributed by atoms with Gasteiger partial charge in [-0.3, -0.25) is 9.89 Å². The van der Waals surface area contributed by atoms with Gasteiger partial charge < -0.3 is 15.4 Å². The fourth-order valence-corrected chi connectivity index (χ4v) is 2.99. The zero-order chi connectivity index (χ0) is 19.6. The van der Waals surface area contributed by atoms with Gasteiger partial charge in [-0.25, -0.2) is 0 Å². The lowest BCUT2D eigenvalue weighted by atomic mass is 10.1. The van der Waals surface area contributed by atoms with Crippen molar-refractivity contribution in [2.24, 2.45) is 0 Å². The summed E-state index contributed by atoms with van der Waals surface area (Å²) in [7, 11) is 0. The molecule has 0 bridgehead atoms. The summed E-state index contributed by atoms with van der Waals surface area (Å²) in [6, 6.07) is 3.75. The Kier molecular flexibility index (Phi) is 6.95. The molecule has 0 aliphatic carbocycles. The Morgan fingerprint density at radius 1 is 1.36 bits per heavy atom. The molecule has 1 aliphatic heterocycles. The molecule has 2 heterocycles. The van der Waals surface area contributed by atoms with E-state index in [1.54, 1.807) is 13.8 Å². The smallest absolute Gasteiger partial charge is 0.416 e. The van der Waals surface area contributed by atoms with Gasteiger partial charge >= 0.3 is 6.18 Å². The van der Waals surface area contributed by atoms with Gasteiger partial charge in [0, 0.05) is 37.3 Å². The third-order valence-electron chi connectivity index (χ3n) is 4.22. The molecule has 1 aromatic carbocycles. The Balaban J connectivity index is 0.00000280. The summed E-state index contributed by atoms with van der Waals surface area (Å²) in [5, 5.41) is 12.5. The van der Waals surface area contributed by atoms with Crippen LogP contribution in [0.2, 0.25) is 0 Å². The van der Waals surface area contributed by atoms with Gasteiger partial charge in [-0.2, -0.15) is 18.3 Å². The topological polar surface area (TPSA) is 79.0 Å². The molecule has 0 saturated carbocycles. The van der Waals surface area contributed by atoms with Crippen molar-refractivity contribution in [3.05, 3.63) is 46.3 Å². The second-order valence-electron chi connectivity index (χ2n) is 6.62. The van der Waals surface area contributed by atoms with Crippen LogP contribution in [-0.4, -0.2) is 28.8 Å². The number of aromatic nitrogens is 2. The molecule has 3 N–H and O–H groups in total. The van der Waals surface area contributed by atoms with E-state index in [4.69, 9.17) is 4.74 Å². The summed E-state index contributed by atoms with van der Waals surface area (Å²) in [6.45, 7) is 4.51. The number of rotatable bonds is 5. The Labute approximate surface area is 166 Å². The molecule has 0 unspecified atom stereocenters. The SMILES string of the molecule is CC(C)Oc1ccc(CNC(=O)c2n[nH]c3c2CNCC3)c(C(F)(F)F)c1.Cl. The van der Waals surface area contributed by atoms with Crippen LogP contribution >= 0.6 is 12.4 Å². The number of carbonyl (C=O) groups is 1. The third-order valence-corrected chi connectivity index (χ3v) is 4.22. The van der Waals surface area contributed by atoms with E-state index in [2.05, 4.69) is 20.8 Å². The molecular formula is C18H22ClF3N4O2. The summed E-state index contributed by atoms with van der Waals surface area (Å²) < 4.78 is 45.5. The van der Waals surface area contributed by atoms with Crippen LogP contribution in [0.3, 0.4) is 0 Å². The van der Waals surface area contributed by atoms with Crippen molar-refractivity contribution in [3.8, 4) is 5.75 Å². The van der Waals surface area contributed by atoms with Gasteiger partial charge in [-0.05, 0) is 31.5 Å². The highest BCUT2D eigenvalue weighted by atomic mass is 35.5. The Morgan fingerprint density at radius 2 is 2.11 bits per heavy atom. The first kappa shape index (κ1) is 22.0. The van der Waals surface area contributed by atoms with Gasteiger partial charge in [0.15, 0.2) is 5.69 Å². The molecule has 3 rings (SSSR count). The largest absolute Gasteiger partial charge is 0.491 e. The first-order valence-corrected chi connectivity index (χ1v) is 8.67. The van der Waals surface area contributed by atoms with E-state index in [9.17, 15) is 18.0 Å². The summed E-state index contributed by atoms with van der Waals surface area (Å²) in [5.41, 5.74) is 0.993. The predicted octanol–water partition coefficient (Wildman–Crippen LogP) is 3.21. The molecular weight excluding hydrogens is 397 g/mol. The number of hydrogen-bond donors (Lipinski definition) is 3. The van der Waals surface area contributed by atoms with E-state index in [1.807, 2.05) is 0 Å². The molecule has 0 fully saturated rings. The number of hydrogen-bond acceptors (Lipinski definition) is 4. The van der Waals surface area contributed by atoms with E-state index in [0.29, 0.717) is 6.54 Å². The highest BCUT2D eigenvalue weighted by Gasteiger charge is 2.34. The monoisotopic (exact) mass is 418 g/mol. The molecule has 6 nitrogen and oxygen atoms in total. The number of alkyl halides is 3. The van der Waals surface area contributed by atoms with Gasteiger partial charge in [-0.15, -0.1) is 12.4 Å². The zero-order valence-corrected chi connectivity index (χ0v) is 16.3. The Hall–Kier alpha value is -2.26. The average Bonchev–Trinajstić information content (AvgIpc) is 3.03. The highest BCUT2D eigenvalue weighted by Crippen LogP contribution is 2.34. The van der Waals surface area contributed by atoms with Crippen molar-refractivity contribution in [2.75, 3.05) is 6.54 Å². The van der Waals surface area contributed by atoms with Crippen molar-refractivity contribution in [1.82, 2.24) is 20.8 Å². The Morgan fingerprint density at radius 3 is 2.79 bits per heavy atom. The maximum atomic E-state index is 13.4. The number of halogens is 4. The number of ether oxygens (including phenoxy) is 1. The van der Waals surface area contributed by atoms with Gasteiger partial charge in [0.1, 0.15) is 5.75 Å². The molecule has 1 aromatic heterocycles. The lowest BCUT2D eigenvalue weighted by molar-refractivity contribution is -0.138. The minimum Gasteiger partial charge on any atom is -0.491 e. The number of nitrogens with one attached hydrogen (secondary N) is 3. The molecule has 154 valence electrons. The molecule has 1 amide bonds. The van der Waals surface area contributed by atoms with Crippen molar-refractivity contribution in [1.29, 1.82) is 0 Å². The summed E-state index contributed by atoms with van der Waals surface area (Å²) >= 11 is 0. The van der Waals surface area contributed by atoms with Crippen molar-refractivity contribution in [3.63, 3.8) is 0 Å². The highest BCUT2D eigenvalue weighted by molar-refractivity contribution is 5.94. The van der Waals surface area contributed by atoms with Crippen LogP contribution in [0.1, 0.15) is 46.7 Å². The quantitative estimate of drug-likeness (QED) is 0.696. The van der Waals surface area contributed by atoms with Gasteiger partial charge in [-0.1, -0.05) is 6.07 Å². The molecule has 1 aliphatic rings. The van der Waals surface area contributed by atoms with Gasteiger partial charge in [0.2, 0.25) is 0 Å². The molecule has 0 saturated heterocycles. The minimum atomic E-state index is -4.55. The van der Waals surface area contributed by atoms with Crippen LogP contribution in [-0.2, 0) is 25.7 Å². The summed E-state index contributed by atoms with van der Waals surface area (Å²) in [4.78, 5) is 12.4. The summed E-state index contributed by atoms with van der Waals surface area (Å²) in [6.07, 6.45) is -4.06. The number of aromatic amines is 1. The van der Waals surface area contributed by atoms with E-state index in [-0.39, 0.29) is 42.1 Å². The Bertz CT molecular complexity index is 837. The van der Waals surface area contributed by atoms with E-state index < -0.39 is 17.6 Å². The number of fused-ring (bicyclic) bond motifs is 1. The van der Waals surface area contributed by atoms with E-state index in [0.717, 1.165) is 30.3 Å². The maximum Gasteiger partial charge on any atom is 0.416 e. The number of nitrogens with zero attached hydrogens (tertiary/aromatic N) is 1. The van der Waals surface area contributed by atoms with Crippen LogP contribution in [0.4, 0.5) is 13.2 Å². The minimum absolute atomic E-state index is 0. The van der Waals surface area contributed by atoms with Crippen LogP contribution in [0.25, 0.3) is 0 Å². The second kappa shape index (κ2) is 8.83. The molecule has 0 atom stereocenters. The van der Waals surface area contributed by atoms with E-state index >= 15 is 0 Å². The summed E-state index contributed by atoms with van der Waals surface area (Å²) in [5.74, 6) is -0.369. The van der Waals surface area contributed by atoms with Gasteiger partial charge in [0.25, 0.3) is 5.91 Å². The number of H-pyrrole nitrogens is 1. The van der Waals surface area contributed by atoms with Crippen molar-refractivity contribution >= 4 is 18.3 Å². The van der Waals surface area contributed by atoms with Crippen LogP contribution < -0.4 is 15.4 Å². The predicted molar refractivity (Wildman–Crippen MR) is 99.6 cm³/mol. The number of amides is 1. The first-order valence-electron chi connectivity index (χ1n) is 8.67. The molecule has 2 aromatic rings. The van der Waals surface area contributed by atoms with Crippen LogP contribution in [0.5, 0.6) is 5.75 Å². The first-order chi connectivity index (χ1) is 12.8. The van der Waals surface area contributed by atoms with Crippen LogP contribution in [0, 0.1) is 0 Å². The molecule has 0 radical (unpaired) electrons. The normalized spacial score (nSPS) is 13.6. The van der Waals surface area contributed by atoms with Gasteiger partial charge in [0.05, 0.1) is 11.7 Å². The maximum absolute atomic E-state index is 13.4. The average molecular weight is 419 g/mol. The number of carbonyl (C=O) groups excluding carboxylic acids is 1. The van der Waals surface area contributed by atoms with E-state index in [1.165, 1.54) is 12.1 Å². The fraction of sp³-hybridized carbons (Fsp3) is 0.444. The standard InChI is InChI=1S/C18H21F3N4O2.ClH/c1-10(2)27-12-4-3-11(14(7-12)18(19,20)21)8-23-17(26)16-13-9-22-6-5-15(13)24-25-16;/h3-4,7,10,22H,5-6,8-9H2,1-2H3,(H,23,26)(H,24,25);1H.